The number of fused-ring (bicyclic) bond motifs is 1. The first-order chi connectivity index (χ1) is 15.0. The molecule has 1 heterocycles. The molecule has 0 aliphatic carbocycles. The lowest BCUT2D eigenvalue weighted by Gasteiger charge is -2.28. The quantitative estimate of drug-likeness (QED) is 0.380. The molecule has 0 spiro atoms. The van der Waals surface area contributed by atoms with Crippen LogP contribution in [0.4, 0.5) is 21.9 Å². The Labute approximate surface area is 183 Å². The van der Waals surface area contributed by atoms with Gasteiger partial charge in [0.1, 0.15) is 0 Å². The summed E-state index contributed by atoms with van der Waals surface area (Å²) in [4.78, 5) is 22.5. The predicted molar refractivity (Wildman–Crippen MR) is 121 cm³/mol. The highest BCUT2D eigenvalue weighted by atomic mass is 35.5. The third kappa shape index (κ3) is 4.81. The topological polar surface area (TPSA) is 109 Å². The van der Waals surface area contributed by atoms with Gasteiger partial charge in [-0.15, -0.1) is 0 Å². The Morgan fingerprint density at radius 3 is 2.48 bits per heavy atom. The van der Waals surface area contributed by atoms with Crippen LogP contribution in [-0.2, 0) is 0 Å². The first-order valence-electron chi connectivity index (χ1n) is 9.49. The highest BCUT2D eigenvalue weighted by molar-refractivity contribution is 6.30. The van der Waals surface area contributed by atoms with Crippen molar-refractivity contribution in [2.75, 3.05) is 10.6 Å². The molecule has 0 bridgehead atoms. The van der Waals surface area contributed by atoms with Crippen molar-refractivity contribution in [3.63, 3.8) is 0 Å². The summed E-state index contributed by atoms with van der Waals surface area (Å²) < 4.78 is 0. The van der Waals surface area contributed by atoms with Crippen molar-refractivity contribution in [2.24, 2.45) is 5.10 Å². The Hall–Kier alpha value is -3.91. The number of hydrogen-bond acceptors (Lipinski definition) is 5. The van der Waals surface area contributed by atoms with E-state index in [1.165, 1.54) is 24.3 Å². The van der Waals surface area contributed by atoms with E-state index >= 15 is 0 Å². The molecule has 8 nitrogen and oxygen atoms in total. The Morgan fingerprint density at radius 2 is 1.77 bits per heavy atom. The van der Waals surface area contributed by atoms with Gasteiger partial charge in [-0.2, -0.15) is 5.10 Å². The molecule has 3 N–H and O–H groups in total. The summed E-state index contributed by atoms with van der Waals surface area (Å²) in [7, 11) is 0. The van der Waals surface area contributed by atoms with Crippen LogP contribution in [0.25, 0.3) is 0 Å². The molecular weight excluding hydrogens is 418 g/mol. The van der Waals surface area contributed by atoms with Crippen LogP contribution in [-0.4, -0.2) is 16.7 Å². The van der Waals surface area contributed by atoms with E-state index < -0.39 is 11.0 Å². The van der Waals surface area contributed by atoms with E-state index in [0.717, 1.165) is 22.5 Å². The molecule has 1 aliphatic heterocycles. The lowest BCUT2D eigenvalue weighted by molar-refractivity contribution is -0.384. The lowest BCUT2D eigenvalue weighted by atomic mass is 9.92. The predicted octanol–water partition coefficient (Wildman–Crippen LogP) is 5.33. The van der Waals surface area contributed by atoms with Gasteiger partial charge in [-0.25, -0.2) is 10.2 Å². The van der Waals surface area contributed by atoms with E-state index in [0.29, 0.717) is 17.1 Å². The Balaban J connectivity index is 1.50. The molecule has 0 saturated heterocycles. The first-order valence-corrected chi connectivity index (χ1v) is 9.87. The summed E-state index contributed by atoms with van der Waals surface area (Å²) in [5.74, 6) is 0. The number of amides is 2. The average molecular weight is 436 g/mol. The maximum atomic E-state index is 12.3. The van der Waals surface area contributed by atoms with E-state index in [4.69, 9.17) is 11.6 Å². The number of carbonyl (C=O) groups is 1. The molecule has 0 saturated carbocycles. The molecular formula is C22H18ClN5O3. The highest BCUT2D eigenvalue weighted by Gasteiger charge is 2.24. The molecule has 1 atom stereocenters. The number of anilines is 2. The van der Waals surface area contributed by atoms with E-state index in [1.807, 2.05) is 48.5 Å². The van der Waals surface area contributed by atoms with Gasteiger partial charge in [0.15, 0.2) is 0 Å². The van der Waals surface area contributed by atoms with Crippen molar-refractivity contribution in [3.8, 4) is 0 Å². The van der Waals surface area contributed by atoms with Gasteiger partial charge in [0.25, 0.3) is 5.69 Å². The summed E-state index contributed by atoms with van der Waals surface area (Å²) >= 11 is 6.00. The summed E-state index contributed by atoms with van der Waals surface area (Å²) in [6.07, 6.45) is 0.566. The fourth-order valence-electron chi connectivity index (χ4n) is 3.35. The van der Waals surface area contributed by atoms with Crippen molar-refractivity contribution in [2.45, 2.75) is 12.5 Å². The monoisotopic (exact) mass is 435 g/mol. The van der Waals surface area contributed by atoms with Crippen LogP contribution in [0.5, 0.6) is 0 Å². The normalized spacial score (nSPS) is 16.2. The molecule has 0 radical (unpaired) electrons. The number of nitrogens with zero attached hydrogens (tertiary/aromatic N) is 2. The number of urea groups is 1. The lowest BCUT2D eigenvalue weighted by Crippen LogP contribution is -2.29. The SMILES string of the molecule is O=C(NN=C1CC(c2ccc(Cl)cc2)Nc2ccccc21)Nc1ccc([N+](=O)[O-])cc1. The third-order valence-electron chi connectivity index (χ3n) is 4.87. The molecule has 9 heteroatoms. The van der Waals surface area contributed by atoms with Crippen molar-refractivity contribution in [1.29, 1.82) is 0 Å². The molecule has 31 heavy (non-hydrogen) atoms. The second kappa shape index (κ2) is 8.85. The van der Waals surface area contributed by atoms with Crippen LogP contribution >= 0.6 is 11.6 Å². The van der Waals surface area contributed by atoms with Crippen LogP contribution in [0.3, 0.4) is 0 Å². The minimum atomic E-state index is -0.541. The van der Waals surface area contributed by atoms with Crippen LogP contribution < -0.4 is 16.1 Å². The maximum Gasteiger partial charge on any atom is 0.339 e. The second-order valence-electron chi connectivity index (χ2n) is 6.93. The molecule has 3 aromatic rings. The van der Waals surface area contributed by atoms with Crippen LogP contribution in [0, 0.1) is 10.1 Å². The van der Waals surface area contributed by atoms with Gasteiger partial charge in [-0.05, 0) is 35.9 Å². The second-order valence-corrected chi connectivity index (χ2v) is 7.36. The highest BCUT2D eigenvalue weighted by Crippen LogP contribution is 2.33. The standard InChI is InChI=1S/C22H18ClN5O3/c23-15-7-5-14(6-8-15)20-13-21(18-3-1-2-4-19(18)25-20)26-27-22(29)24-16-9-11-17(12-10-16)28(30)31/h1-12,20,25H,13H2,(H2,24,27,29). The Morgan fingerprint density at radius 1 is 1.06 bits per heavy atom. The van der Waals surface area contributed by atoms with Crippen LogP contribution in [0.1, 0.15) is 23.6 Å². The summed E-state index contributed by atoms with van der Waals surface area (Å²) in [5.41, 5.74) is 6.50. The minimum Gasteiger partial charge on any atom is -0.377 e. The van der Waals surface area contributed by atoms with Gasteiger partial charge >= 0.3 is 6.03 Å². The van der Waals surface area contributed by atoms with E-state index in [9.17, 15) is 14.9 Å². The largest absolute Gasteiger partial charge is 0.377 e. The summed E-state index contributed by atoms with van der Waals surface area (Å²) in [6.45, 7) is 0. The maximum absolute atomic E-state index is 12.3. The smallest absolute Gasteiger partial charge is 0.339 e. The van der Waals surface area contributed by atoms with Gasteiger partial charge in [0.05, 0.1) is 16.7 Å². The number of nitrogens with one attached hydrogen (secondary N) is 3. The number of nitro benzene ring substituents is 1. The number of nitro groups is 1. The van der Waals surface area contributed by atoms with Crippen molar-refractivity contribution in [3.05, 3.63) is 99.1 Å². The van der Waals surface area contributed by atoms with Gasteiger partial charge in [0, 0.05) is 40.5 Å². The molecule has 1 unspecified atom stereocenters. The number of rotatable bonds is 4. The zero-order valence-electron chi connectivity index (χ0n) is 16.2. The number of hydrazone groups is 1. The van der Waals surface area contributed by atoms with Crippen molar-refractivity contribution >= 4 is 40.4 Å². The first kappa shape index (κ1) is 20.4. The number of para-hydroxylation sites is 1. The number of carbonyl (C=O) groups excluding carboxylic acids is 1. The molecule has 3 aromatic carbocycles. The summed E-state index contributed by atoms with van der Waals surface area (Å²) in [6, 6.07) is 20.3. The Kier molecular flexibility index (Phi) is 5.81. The van der Waals surface area contributed by atoms with Gasteiger partial charge < -0.3 is 10.6 Å². The van der Waals surface area contributed by atoms with Gasteiger partial charge in [-0.3, -0.25) is 10.1 Å². The average Bonchev–Trinajstić information content (AvgIpc) is 2.78. The molecule has 4 rings (SSSR count). The third-order valence-corrected chi connectivity index (χ3v) is 5.12. The molecule has 0 fully saturated rings. The van der Waals surface area contributed by atoms with E-state index in [-0.39, 0.29) is 11.7 Å². The van der Waals surface area contributed by atoms with Crippen molar-refractivity contribution in [1.82, 2.24) is 5.43 Å². The van der Waals surface area contributed by atoms with Crippen LogP contribution in [0.15, 0.2) is 77.9 Å². The fraction of sp³-hybridized carbons (Fsp3) is 0.0909. The molecule has 1 aliphatic rings. The zero-order chi connectivity index (χ0) is 21.8. The van der Waals surface area contributed by atoms with Gasteiger partial charge in [-0.1, -0.05) is 41.9 Å². The number of non-ortho nitro benzene ring substituents is 1. The fourth-order valence-corrected chi connectivity index (χ4v) is 3.47. The minimum absolute atomic E-state index is 0.0227. The molecule has 156 valence electrons. The number of halogens is 1. The molecule has 0 aromatic heterocycles. The molecule has 2 amide bonds. The van der Waals surface area contributed by atoms with Crippen LogP contribution in [0.2, 0.25) is 5.02 Å². The van der Waals surface area contributed by atoms with E-state index in [2.05, 4.69) is 21.2 Å². The Bertz CT molecular complexity index is 1150. The summed E-state index contributed by atoms with van der Waals surface area (Å²) in [5, 5.41) is 21.8. The van der Waals surface area contributed by atoms with Crippen molar-refractivity contribution < 1.29 is 9.72 Å². The van der Waals surface area contributed by atoms with Gasteiger partial charge in [0.2, 0.25) is 0 Å². The number of benzene rings is 3. The zero-order valence-corrected chi connectivity index (χ0v) is 17.0. The number of hydrogen-bond donors (Lipinski definition) is 3. The van der Waals surface area contributed by atoms with E-state index in [1.54, 1.807) is 0 Å².